The van der Waals surface area contributed by atoms with E-state index in [0.717, 1.165) is 37.0 Å². The van der Waals surface area contributed by atoms with Gasteiger partial charge in [-0.3, -0.25) is 4.79 Å². The van der Waals surface area contributed by atoms with Crippen LogP contribution in [0.2, 0.25) is 0 Å². The van der Waals surface area contributed by atoms with Crippen LogP contribution in [0.1, 0.15) is 99.3 Å². The molecule has 6 aliphatic carbocycles. The topological polar surface area (TPSA) is 41.1 Å². The minimum Gasteiger partial charge on any atom is -0.313 e. The number of Topliss-reactive ketones (excluding diaryl/α,β-unsaturated/α-hetero) is 1. The zero-order valence-corrected chi connectivity index (χ0v) is 20.4. The van der Waals surface area contributed by atoms with Crippen molar-refractivity contribution in [1.29, 1.82) is 0 Å². The van der Waals surface area contributed by atoms with Crippen molar-refractivity contribution in [2.24, 2.45) is 39.4 Å². The molecule has 0 aromatic rings. The molecule has 3 heteroatoms. The predicted octanol–water partition coefficient (Wildman–Crippen LogP) is 5.33. The summed E-state index contributed by atoms with van der Waals surface area (Å²) in [4.78, 5) is 12.5. The number of carbonyl (C=O) groups excluding carboxylic acids is 1. The molecule has 6 aliphatic rings. The zero-order valence-electron chi connectivity index (χ0n) is 20.4. The lowest BCUT2D eigenvalue weighted by molar-refractivity contribution is -0.131. The molecule has 0 saturated heterocycles. The molecule has 0 aliphatic heterocycles. The second-order valence-electron chi connectivity index (χ2n) is 13.5. The zero-order chi connectivity index (χ0) is 21.5. The maximum absolute atomic E-state index is 12.5. The van der Waals surface area contributed by atoms with Crippen LogP contribution < -0.4 is 10.6 Å². The second kappa shape index (κ2) is 6.80. The van der Waals surface area contributed by atoms with Crippen LogP contribution >= 0.6 is 0 Å². The van der Waals surface area contributed by atoms with Crippen molar-refractivity contribution in [3.8, 4) is 0 Å². The molecule has 6 unspecified atom stereocenters. The normalized spacial score (nSPS) is 47.5. The van der Waals surface area contributed by atoms with E-state index in [1.54, 1.807) is 0 Å². The first kappa shape index (κ1) is 21.4. The molecule has 6 saturated carbocycles. The summed E-state index contributed by atoms with van der Waals surface area (Å²) in [6.45, 7) is 15.3. The monoisotopic (exact) mass is 414 g/mol. The van der Waals surface area contributed by atoms with Gasteiger partial charge in [0, 0.05) is 36.0 Å². The van der Waals surface area contributed by atoms with Crippen LogP contribution in [-0.4, -0.2) is 30.5 Å². The van der Waals surface area contributed by atoms with Crippen LogP contribution in [0.15, 0.2) is 0 Å². The largest absolute Gasteiger partial charge is 0.313 e. The molecule has 0 radical (unpaired) electrons. The third-order valence-electron chi connectivity index (χ3n) is 11.7. The lowest BCUT2D eigenvalue weighted by Crippen LogP contribution is -2.45. The number of hydrogen-bond donors (Lipinski definition) is 2. The van der Waals surface area contributed by atoms with Gasteiger partial charge in [-0.2, -0.15) is 0 Å². The third kappa shape index (κ3) is 3.00. The fourth-order valence-corrected chi connectivity index (χ4v) is 8.08. The molecule has 30 heavy (non-hydrogen) atoms. The molecule has 170 valence electrons. The van der Waals surface area contributed by atoms with Gasteiger partial charge in [-0.05, 0) is 85.9 Å². The lowest BCUT2D eigenvalue weighted by atomic mass is 9.69. The van der Waals surface area contributed by atoms with Gasteiger partial charge in [0.05, 0.1) is 0 Å². The van der Waals surface area contributed by atoms with Crippen molar-refractivity contribution in [1.82, 2.24) is 10.6 Å². The Morgan fingerprint density at radius 1 is 0.833 bits per heavy atom. The highest BCUT2D eigenvalue weighted by Gasteiger charge is 2.66. The fraction of sp³-hybridized carbons (Fsp3) is 0.963. The maximum Gasteiger partial charge on any atom is 0.143 e. The second-order valence-corrected chi connectivity index (χ2v) is 13.5. The van der Waals surface area contributed by atoms with E-state index in [0.29, 0.717) is 28.4 Å². The van der Waals surface area contributed by atoms with Crippen molar-refractivity contribution in [3.05, 3.63) is 0 Å². The van der Waals surface area contributed by atoms with Crippen LogP contribution in [0.25, 0.3) is 0 Å². The average Bonchev–Trinajstić information content (AvgIpc) is 3.58. The van der Waals surface area contributed by atoms with Gasteiger partial charge >= 0.3 is 0 Å². The number of rotatable bonds is 5. The molecule has 6 atom stereocenters. The molecule has 0 heterocycles. The molecular formula is C27H46N2O. The Balaban J connectivity index is 0.000000130. The van der Waals surface area contributed by atoms with Crippen molar-refractivity contribution < 1.29 is 4.79 Å². The minimum absolute atomic E-state index is 0.0342. The van der Waals surface area contributed by atoms with Crippen molar-refractivity contribution in [2.45, 2.75) is 117 Å². The van der Waals surface area contributed by atoms with Crippen molar-refractivity contribution >= 4 is 5.78 Å². The summed E-state index contributed by atoms with van der Waals surface area (Å²) in [6.07, 6.45) is 12.2. The minimum atomic E-state index is -0.0342. The van der Waals surface area contributed by atoms with Gasteiger partial charge < -0.3 is 10.6 Å². The van der Waals surface area contributed by atoms with Gasteiger partial charge in [0.15, 0.2) is 0 Å². The van der Waals surface area contributed by atoms with E-state index in [-0.39, 0.29) is 10.8 Å². The van der Waals surface area contributed by atoms with E-state index in [9.17, 15) is 4.79 Å². The summed E-state index contributed by atoms with van der Waals surface area (Å²) >= 11 is 0. The van der Waals surface area contributed by atoms with Crippen molar-refractivity contribution in [2.75, 3.05) is 6.54 Å². The van der Waals surface area contributed by atoms with Crippen LogP contribution in [0.4, 0.5) is 0 Å². The highest BCUT2D eigenvalue weighted by molar-refractivity contribution is 5.91. The Morgan fingerprint density at radius 3 is 1.97 bits per heavy atom. The highest BCUT2D eigenvalue weighted by Crippen LogP contribution is 2.66. The van der Waals surface area contributed by atoms with Gasteiger partial charge in [-0.15, -0.1) is 0 Å². The molecule has 6 fully saturated rings. The van der Waals surface area contributed by atoms with Crippen molar-refractivity contribution in [3.63, 3.8) is 0 Å². The molecule has 6 rings (SSSR count). The smallest absolute Gasteiger partial charge is 0.143 e. The van der Waals surface area contributed by atoms with Gasteiger partial charge in [-0.1, -0.05) is 41.5 Å². The number of nitrogens with one attached hydrogen (secondary N) is 2. The quantitative estimate of drug-likeness (QED) is 0.638. The summed E-state index contributed by atoms with van der Waals surface area (Å²) in [7, 11) is 0. The first-order valence-corrected chi connectivity index (χ1v) is 13.0. The summed E-state index contributed by atoms with van der Waals surface area (Å²) < 4.78 is 0. The molecule has 0 spiro atoms. The van der Waals surface area contributed by atoms with E-state index < -0.39 is 0 Å². The molecule has 0 amide bonds. The molecule has 3 nitrogen and oxygen atoms in total. The fourth-order valence-electron chi connectivity index (χ4n) is 8.08. The van der Waals surface area contributed by atoms with Gasteiger partial charge in [0.25, 0.3) is 0 Å². The van der Waals surface area contributed by atoms with E-state index in [1.165, 1.54) is 51.4 Å². The number of ketones is 1. The Kier molecular flexibility index (Phi) is 4.86. The first-order valence-electron chi connectivity index (χ1n) is 13.0. The van der Waals surface area contributed by atoms with E-state index >= 15 is 0 Å². The Bertz CT molecular complexity index is 706. The maximum atomic E-state index is 12.5. The van der Waals surface area contributed by atoms with Gasteiger partial charge in [0.2, 0.25) is 0 Å². The molecule has 0 aromatic carbocycles. The Hall–Kier alpha value is -0.410. The van der Waals surface area contributed by atoms with E-state index in [4.69, 9.17) is 0 Å². The standard InChI is InChI=1S/C14H23NO.C13H23N/c1-13(2)11-6-7-14(13,3)12(16)10(11)8-15-9-4-5-9;1-12(2)9-6-7-13(12,3)11(8-9)14-10-4-5-10/h9-11,15H,4-8H2,1-3H3;9-11,14H,4-8H2,1-3H3. The SMILES string of the molecule is CC1(C)C2CCC1(C)C(NC1CC1)C2.CC12CCC(C(CNC3CC3)C1=O)C2(C)C. The summed E-state index contributed by atoms with van der Waals surface area (Å²) in [5.74, 6) is 2.45. The summed E-state index contributed by atoms with van der Waals surface area (Å²) in [5.41, 5.74) is 1.35. The van der Waals surface area contributed by atoms with Gasteiger partial charge in [-0.25, -0.2) is 0 Å². The van der Waals surface area contributed by atoms with E-state index in [1.807, 2.05) is 0 Å². The van der Waals surface area contributed by atoms with Crippen LogP contribution in [0.3, 0.4) is 0 Å². The molecule has 2 N–H and O–H groups in total. The van der Waals surface area contributed by atoms with Crippen LogP contribution in [0, 0.1) is 39.4 Å². The Labute approximate surface area is 184 Å². The predicted molar refractivity (Wildman–Crippen MR) is 123 cm³/mol. The summed E-state index contributed by atoms with van der Waals surface area (Å²) in [6, 6.07) is 2.43. The molecule has 4 bridgehead atoms. The van der Waals surface area contributed by atoms with Crippen LogP contribution in [-0.2, 0) is 4.79 Å². The van der Waals surface area contributed by atoms with Crippen LogP contribution in [0.5, 0.6) is 0 Å². The number of carbonyl (C=O) groups is 1. The van der Waals surface area contributed by atoms with E-state index in [2.05, 4.69) is 52.2 Å². The molecule has 0 aromatic heterocycles. The average molecular weight is 415 g/mol. The van der Waals surface area contributed by atoms with Gasteiger partial charge in [0.1, 0.15) is 5.78 Å². The number of hydrogen-bond acceptors (Lipinski definition) is 3. The highest BCUT2D eigenvalue weighted by atomic mass is 16.1. The molecular weight excluding hydrogens is 368 g/mol. The Morgan fingerprint density at radius 2 is 1.50 bits per heavy atom. The lowest BCUT2D eigenvalue weighted by Gasteiger charge is -2.39. The summed E-state index contributed by atoms with van der Waals surface area (Å²) in [5, 5.41) is 7.43. The third-order valence-corrected chi connectivity index (χ3v) is 11.7. The number of fused-ring (bicyclic) bond motifs is 4. The first-order chi connectivity index (χ1) is 14.0.